The number of nitrogens with zero attached hydrogens (tertiary/aromatic N) is 2. The monoisotopic (exact) mass is 442 g/mol. The number of aryl methyl sites for hydroxylation is 2. The molecule has 1 aliphatic rings. The average Bonchev–Trinajstić information content (AvgIpc) is 3.31. The van der Waals surface area contributed by atoms with E-state index in [4.69, 9.17) is 4.74 Å². The zero-order valence-electron chi connectivity index (χ0n) is 18.5. The lowest BCUT2D eigenvalue weighted by atomic mass is 9.96. The molecule has 0 bridgehead atoms. The third-order valence-electron chi connectivity index (χ3n) is 6.02. The van der Waals surface area contributed by atoms with Gasteiger partial charge in [-0.3, -0.25) is 4.79 Å². The molecule has 0 spiro atoms. The predicted octanol–water partition coefficient (Wildman–Crippen LogP) is 4.66. The van der Waals surface area contributed by atoms with Gasteiger partial charge in [-0.25, -0.2) is 4.79 Å². The van der Waals surface area contributed by atoms with E-state index in [1.807, 2.05) is 62.4 Å². The molecule has 0 aliphatic carbocycles. The van der Waals surface area contributed by atoms with Gasteiger partial charge in [0.25, 0.3) is 5.78 Å². The standard InChI is InChI=1S/C26H22N2O5/c1-4-28-20-11-9-16(23(30)17-8-6-5-7-14(17)2)13-19(20)22-21(28)12-10-18-24(31)26(32-25(18)22)27-33-15(3)29/h5-13,23,30H,4H2,1-3H3/b27-26+. The van der Waals surface area contributed by atoms with Crippen LogP contribution in [0.1, 0.15) is 47.0 Å². The van der Waals surface area contributed by atoms with Crippen molar-refractivity contribution in [2.24, 2.45) is 5.16 Å². The molecule has 1 aliphatic heterocycles. The molecule has 33 heavy (non-hydrogen) atoms. The van der Waals surface area contributed by atoms with Crippen molar-refractivity contribution in [3.8, 4) is 5.75 Å². The normalized spacial score (nSPS) is 15.2. The number of rotatable bonds is 4. The highest BCUT2D eigenvalue weighted by atomic mass is 16.7. The van der Waals surface area contributed by atoms with Gasteiger partial charge in [-0.2, -0.15) is 0 Å². The van der Waals surface area contributed by atoms with Crippen molar-refractivity contribution in [2.75, 3.05) is 0 Å². The smallest absolute Gasteiger partial charge is 0.332 e. The summed E-state index contributed by atoms with van der Waals surface area (Å²) in [7, 11) is 0. The Labute approximate surface area is 189 Å². The Morgan fingerprint density at radius 1 is 1.15 bits per heavy atom. The number of aliphatic hydroxyl groups excluding tert-OH is 1. The molecular weight excluding hydrogens is 420 g/mol. The number of carbonyl (C=O) groups excluding carboxylic acids is 2. The number of hydrogen-bond acceptors (Lipinski definition) is 6. The van der Waals surface area contributed by atoms with Crippen LogP contribution in [0.15, 0.2) is 59.8 Å². The zero-order valence-corrected chi connectivity index (χ0v) is 18.5. The maximum Gasteiger partial charge on any atom is 0.332 e. The highest BCUT2D eigenvalue weighted by Crippen LogP contribution is 2.42. The van der Waals surface area contributed by atoms with Crippen LogP contribution in [-0.2, 0) is 16.2 Å². The van der Waals surface area contributed by atoms with Crippen molar-refractivity contribution < 1.29 is 24.3 Å². The maximum absolute atomic E-state index is 12.8. The second-order valence-corrected chi connectivity index (χ2v) is 8.03. The fraction of sp³-hybridized carbons (Fsp3) is 0.192. The number of benzene rings is 3. The first kappa shape index (κ1) is 20.9. The highest BCUT2D eigenvalue weighted by molar-refractivity contribution is 6.47. The highest BCUT2D eigenvalue weighted by Gasteiger charge is 2.33. The number of oxime groups is 1. The fourth-order valence-corrected chi connectivity index (χ4v) is 4.47. The SMILES string of the molecule is CCn1c2ccc(C(O)c3ccccc3C)cc2c2c3c(ccc21)C(=O)/C(=N\OC(C)=O)O3. The second-order valence-electron chi connectivity index (χ2n) is 8.03. The number of hydrogen-bond donors (Lipinski definition) is 1. The number of aromatic nitrogens is 1. The van der Waals surface area contributed by atoms with Gasteiger partial charge >= 0.3 is 11.9 Å². The van der Waals surface area contributed by atoms with E-state index < -0.39 is 17.9 Å². The lowest BCUT2D eigenvalue weighted by Gasteiger charge is -2.14. The zero-order chi connectivity index (χ0) is 23.3. The quantitative estimate of drug-likeness (QED) is 0.367. The van der Waals surface area contributed by atoms with Crippen molar-refractivity contribution in [1.29, 1.82) is 0 Å². The van der Waals surface area contributed by atoms with Crippen LogP contribution in [0.4, 0.5) is 0 Å². The Kier molecular flexibility index (Phi) is 4.98. The molecular formula is C26H22N2O5. The molecule has 7 heteroatoms. The molecule has 7 nitrogen and oxygen atoms in total. The molecule has 1 unspecified atom stereocenters. The Balaban J connectivity index is 1.72. The van der Waals surface area contributed by atoms with E-state index in [-0.39, 0.29) is 5.90 Å². The molecule has 4 aromatic rings. The Morgan fingerprint density at radius 2 is 1.91 bits per heavy atom. The average molecular weight is 442 g/mol. The topological polar surface area (TPSA) is 90.1 Å². The summed E-state index contributed by atoms with van der Waals surface area (Å²) >= 11 is 0. The molecule has 0 saturated heterocycles. The van der Waals surface area contributed by atoms with Crippen molar-refractivity contribution in [3.05, 3.63) is 76.9 Å². The molecule has 3 aromatic carbocycles. The van der Waals surface area contributed by atoms with Gasteiger partial charge in [-0.05, 0) is 60.0 Å². The third-order valence-corrected chi connectivity index (χ3v) is 6.02. The molecule has 0 radical (unpaired) electrons. The molecule has 166 valence electrons. The number of carbonyl (C=O) groups is 2. The number of aliphatic hydroxyl groups is 1. The van der Waals surface area contributed by atoms with Gasteiger partial charge in [0.05, 0.1) is 16.5 Å². The van der Waals surface area contributed by atoms with E-state index in [1.165, 1.54) is 6.92 Å². The second kappa shape index (κ2) is 7.86. The van der Waals surface area contributed by atoms with Crippen molar-refractivity contribution in [2.45, 2.75) is 33.4 Å². The summed E-state index contributed by atoms with van der Waals surface area (Å²) in [6.07, 6.45) is -0.795. The Bertz CT molecular complexity index is 1480. The summed E-state index contributed by atoms with van der Waals surface area (Å²) < 4.78 is 7.93. The number of ether oxygens (including phenoxy) is 1. The van der Waals surface area contributed by atoms with Crippen LogP contribution in [-0.4, -0.2) is 27.3 Å². The van der Waals surface area contributed by atoms with Gasteiger partial charge in [0, 0.05) is 24.4 Å². The number of ketones is 1. The van der Waals surface area contributed by atoms with Gasteiger partial charge in [0.1, 0.15) is 6.10 Å². The first-order valence-electron chi connectivity index (χ1n) is 10.7. The van der Waals surface area contributed by atoms with Crippen LogP contribution < -0.4 is 4.74 Å². The van der Waals surface area contributed by atoms with E-state index >= 15 is 0 Å². The lowest BCUT2D eigenvalue weighted by molar-refractivity contribution is -0.141. The van der Waals surface area contributed by atoms with Crippen LogP contribution in [0, 0.1) is 6.92 Å². The first-order valence-corrected chi connectivity index (χ1v) is 10.7. The molecule has 1 atom stereocenters. The molecule has 2 heterocycles. The lowest BCUT2D eigenvalue weighted by Crippen LogP contribution is -2.13. The van der Waals surface area contributed by atoms with Crippen molar-refractivity contribution >= 4 is 39.5 Å². The van der Waals surface area contributed by atoms with Gasteiger partial charge in [0.2, 0.25) is 0 Å². The minimum atomic E-state index is -0.795. The fourth-order valence-electron chi connectivity index (χ4n) is 4.47. The molecule has 1 aromatic heterocycles. The minimum absolute atomic E-state index is 0.277. The first-order chi connectivity index (χ1) is 15.9. The van der Waals surface area contributed by atoms with Crippen LogP contribution in [0.5, 0.6) is 5.75 Å². The van der Waals surface area contributed by atoms with E-state index in [9.17, 15) is 14.7 Å². The van der Waals surface area contributed by atoms with Gasteiger partial charge in [-0.1, -0.05) is 30.3 Å². The van der Waals surface area contributed by atoms with Crippen molar-refractivity contribution in [3.63, 3.8) is 0 Å². The third kappa shape index (κ3) is 3.29. The summed E-state index contributed by atoms with van der Waals surface area (Å²) in [5.41, 5.74) is 4.79. The Hall–Kier alpha value is -3.97. The van der Waals surface area contributed by atoms with Crippen LogP contribution in [0.3, 0.4) is 0 Å². The van der Waals surface area contributed by atoms with E-state index in [1.54, 1.807) is 6.07 Å². The molecule has 1 N–H and O–H groups in total. The largest absolute Gasteiger partial charge is 0.432 e. The summed E-state index contributed by atoms with van der Waals surface area (Å²) in [5, 5.41) is 16.3. The summed E-state index contributed by atoms with van der Waals surface area (Å²) in [6.45, 7) is 5.92. The predicted molar refractivity (Wildman–Crippen MR) is 125 cm³/mol. The van der Waals surface area contributed by atoms with Crippen molar-refractivity contribution in [1.82, 2.24) is 4.57 Å². The maximum atomic E-state index is 12.8. The van der Waals surface area contributed by atoms with Gasteiger partial charge in [-0.15, -0.1) is 0 Å². The molecule has 5 rings (SSSR count). The van der Waals surface area contributed by atoms with Crippen LogP contribution in [0.25, 0.3) is 21.8 Å². The van der Waals surface area contributed by atoms with Crippen LogP contribution in [0.2, 0.25) is 0 Å². The molecule has 0 fully saturated rings. The van der Waals surface area contributed by atoms with Gasteiger partial charge in [0.15, 0.2) is 5.75 Å². The number of fused-ring (bicyclic) bond motifs is 5. The minimum Gasteiger partial charge on any atom is -0.432 e. The molecule has 0 amide bonds. The summed E-state index contributed by atoms with van der Waals surface area (Å²) in [5.74, 6) is -0.983. The number of Topliss-reactive ketones (excluding diaryl/α,β-unsaturated/α-hetero) is 1. The van der Waals surface area contributed by atoms with E-state index in [2.05, 4.69) is 14.6 Å². The van der Waals surface area contributed by atoms with Crippen LogP contribution >= 0.6 is 0 Å². The van der Waals surface area contributed by atoms with E-state index in [0.29, 0.717) is 17.9 Å². The van der Waals surface area contributed by atoms with E-state index in [0.717, 1.165) is 38.5 Å². The van der Waals surface area contributed by atoms with Gasteiger partial charge < -0.3 is 19.2 Å². The summed E-state index contributed by atoms with van der Waals surface area (Å²) in [4.78, 5) is 28.5. The summed E-state index contributed by atoms with van der Waals surface area (Å²) in [6, 6.07) is 17.1. The molecule has 0 saturated carbocycles. The Morgan fingerprint density at radius 3 is 2.64 bits per heavy atom.